The first-order valence-corrected chi connectivity index (χ1v) is 7.87. The molecule has 0 saturated carbocycles. The number of amides is 1. The van der Waals surface area contributed by atoms with Gasteiger partial charge in [-0.1, -0.05) is 25.8 Å². The zero-order valence-corrected chi connectivity index (χ0v) is 17.4. The Bertz CT molecular complexity index is 368. The Morgan fingerprint density at radius 1 is 1.35 bits per heavy atom. The van der Waals surface area contributed by atoms with Crippen LogP contribution in [0.2, 0.25) is 0 Å². The molecule has 0 spiro atoms. The largest absolute Gasteiger partial charge is 0.444 e. The van der Waals surface area contributed by atoms with Gasteiger partial charge in [0.25, 0.3) is 0 Å². The van der Waals surface area contributed by atoms with Gasteiger partial charge in [-0.25, -0.2) is 4.79 Å². The second-order valence-corrected chi connectivity index (χ2v) is 6.11. The number of nitrogens with one attached hydrogen (secondary N) is 3. The molecule has 0 bridgehead atoms. The number of aliphatic imine (C=N–C) groups is 1. The number of guanidine groups is 1. The third-order valence-corrected chi connectivity index (χ3v) is 2.78. The van der Waals surface area contributed by atoms with Gasteiger partial charge >= 0.3 is 6.09 Å². The third kappa shape index (κ3) is 14.3. The Labute approximate surface area is 157 Å². The average molecular weight is 440 g/mol. The summed E-state index contributed by atoms with van der Waals surface area (Å²) in [5.74, 6) is 0.701. The summed E-state index contributed by atoms with van der Waals surface area (Å²) in [7, 11) is 1.72. The first kappa shape index (κ1) is 24.3. The lowest BCUT2D eigenvalue weighted by molar-refractivity contribution is 0.0523. The van der Waals surface area contributed by atoms with Gasteiger partial charge in [0.2, 0.25) is 0 Å². The Hall–Kier alpha value is -0.990. The SMILES string of the molecule is C=CCNC(=NC)NC(CCCC)CNC(=O)OC(C)(C)C.I. The summed E-state index contributed by atoms with van der Waals surface area (Å²) in [5, 5.41) is 9.25. The highest BCUT2D eigenvalue weighted by atomic mass is 127. The van der Waals surface area contributed by atoms with Gasteiger partial charge in [-0.15, -0.1) is 30.6 Å². The van der Waals surface area contributed by atoms with Gasteiger partial charge in [0.05, 0.1) is 0 Å². The normalized spacial score (nSPS) is 12.7. The standard InChI is InChI=1S/C16H32N4O2.HI/c1-7-9-10-13(20-14(17-6)18-11-8-2)12-19-15(21)22-16(3,4)5;/h8,13H,2,7,9-12H2,1,3-6H3,(H,19,21)(H2,17,18,20);1H. The summed E-state index contributed by atoms with van der Waals surface area (Å²) >= 11 is 0. The van der Waals surface area contributed by atoms with E-state index in [1.165, 1.54) is 0 Å². The number of rotatable bonds is 8. The number of nitrogens with zero attached hydrogens (tertiary/aromatic N) is 1. The fourth-order valence-corrected chi connectivity index (χ4v) is 1.75. The molecule has 0 heterocycles. The third-order valence-electron chi connectivity index (χ3n) is 2.78. The van der Waals surface area contributed by atoms with E-state index in [0.29, 0.717) is 19.0 Å². The second kappa shape index (κ2) is 13.4. The molecular formula is C16H33IN4O2. The molecule has 0 aromatic heterocycles. The number of hydrogen-bond acceptors (Lipinski definition) is 3. The Morgan fingerprint density at radius 2 is 2.00 bits per heavy atom. The van der Waals surface area contributed by atoms with Crippen molar-refractivity contribution in [3.8, 4) is 0 Å². The van der Waals surface area contributed by atoms with E-state index < -0.39 is 11.7 Å². The van der Waals surface area contributed by atoms with E-state index >= 15 is 0 Å². The van der Waals surface area contributed by atoms with Crippen molar-refractivity contribution in [1.29, 1.82) is 0 Å². The monoisotopic (exact) mass is 440 g/mol. The molecule has 0 rings (SSSR count). The molecule has 3 N–H and O–H groups in total. The average Bonchev–Trinajstić information content (AvgIpc) is 2.43. The maximum absolute atomic E-state index is 11.7. The quantitative estimate of drug-likeness (QED) is 0.235. The minimum absolute atomic E-state index is 0. The van der Waals surface area contributed by atoms with E-state index in [1.807, 2.05) is 20.8 Å². The molecule has 7 heteroatoms. The zero-order chi connectivity index (χ0) is 17.0. The molecule has 0 aliphatic rings. The van der Waals surface area contributed by atoms with Gasteiger partial charge < -0.3 is 20.7 Å². The predicted molar refractivity (Wildman–Crippen MR) is 108 cm³/mol. The van der Waals surface area contributed by atoms with Crippen LogP contribution in [0, 0.1) is 0 Å². The number of unbranched alkanes of at least 4 members (excludes halogenated alkanes) is 1. The van der Waals surface area contributed by atoms with Crippen LogP contribution in [0.1, 0.15) is 47.0 Å². The van der Waals surface area contributed by atoms with Crippen molar-refractivity contribution in [3.63, 3.8) is 0 Å². The minimum atomic E-state index is -0.488. The van der Waals surface area contributed by atoms with Crippen LogP contribution in [0.4, 0.5) is 4.79 Å². The second-order valence-electron chi connectivity index (χ2n) is 6.11. The molecule has 1 unspecified atom stereocenters. The summed E-state index contributed by atoms with van der Waals surface area (Å²) in [5.41, 5.74) is -0.488. The van der Waals surface area contributed by atoms with Crippen LogP contribution in [0.25, 0.3) is 0 Å². The van der Waals surface area contributed by atoms with Crippen LogP contribution in [0.3, 0.4) is 0 Å². The molecule has 1 amide bonds. The van der Waals surface area contributed by atoms with Crippen LogP contribution in [0.5, 0.6) is 0 Å². The minimum Gasteiger partial charge on any atom is -0.444 e. The lowest BCUT2D eigenvalue weighted by atomic mass is 10.1. The van der Waals surface area contributed by atoms with Crippen LogP contribution < -0.4 is 16.0 Å². The molecule has 23 heavy (non-hydrogen) atoms. The zero-order valence-electron chi connectivity index (χ0n) is 15.1. The van der Waals surface area contributed by atoms with Gasteiger partial charge in [-0.3, -0.25) is 4.99 Å². The number of carbonyl (C=O) groups is 1. The molecule has 6 nitrogen and oxygen atoms in total. The van der Waals surface area contributed by atoms with Crippen LogP contribution in [-0.4, -0.2) is 43.8 Å². The van der Waals surface area contributed by atoms with Crippen LogP contribution in [-0.2, 0) is 4.74 Å². The van der Waals surface area contributed by atoms with Gasteiger partial charge in [0, 0.05) is 26.2 Å². The number of halogens is 1. The highest BCUT2D eigenvalue weighted by molar-refractivity contribution is 14.0. The topological polar surface area (TPSA) is 74.8 Å². The van der Waals surface area contributed by atoms with Crippen molar-refractivity contribution >= 4 is 36.0 Å². The highest BCUT2D eigenvalue weighted by Crippen LogP contribution is 2.06. The maximum Gasteiger partial charge on any atom is 0.407 e. The van der Waals surface area contributed by atoms with E-state index in [1.54, 1.807) is 13.1 Å². The van der Waals surface area contributed by atoms with Crippen molar-refractivity contribution in [2.45, 2.75) is 58.6 Å². The van der Waals surface area contributed by atoms with Crippen molar-refractivity contribution in [2.75, 3.05) is 20.1 Å². The lowest BCUT2D eigenvalue weighted by Gasteiger charge is -2.24. The highest BCUT2D eigenvalue weighted by Gasteiger charge is 2.17. The Balaban J connectivity index is 0. The van der Waals surface area contributed by atoms with Gasteiger partial charge in [0.15, 0.2) is 5.96 Å². The van der Waals surface area contributed by atoms with Crippen LogP contribution >= 0.6 is 24.0 Å². The molecule has 136 valence electrons. The fourth-order valence-electron chi connectivity index (χ4n) is 1.75. The molecule has 0 aliphatic heterocycles. The molecule has 0 radical (unpaired) electrons. The van der Waals surface area contributed by atoms with E-state index in [0.717, 1.165) is 19.3 Å². The summed E-state index contributed by atoms with van der Waals surface area (Å²) in [6, 6.07) is 0.100. The van der Waals surface area contributed by atoms with E-state index in [-0.39, 0.29) is 30.0 Å². The summed E-state index contributed by atoms with van der Waals surface area (Å²) in [6.07, 6.45) is 4.49. The van der Waals surface area contributed by atoms with Crippen molar-refractivity contribution in [3.05, 3.63) is 12.7 Å². The fraction of sp³-hybridized carbons (Fsp3) is 0.750. The molecule has 0 aromatic rings. The summed E-state index contributed by atoms with van der Waals surface area (Å²) in [4.78, 5) is 15.9. The van der Waals surface area contributed by atoms with Gasteiger partial charge in [-0.2, -0.15) is 0 Å². The smallest absolute Gasteiger partial charge is 0.407 e. The van der Waals surface area contributed by atoms with Gasteiger partial charge in [0.1, 0.15) is 5.60 Å². The first-order chi connectivity index (χ1) is 10.3. The Morgan fingerprint density at radius 3 is 2.48 bits per heavy atom. The molecule has 0 aromatic carbocycles. The first-order valence-electron chi connectivity index (χ1n) is 7.87. The summed E-state index contributed by atoms with van der Waals surface area (Å²) in [6.45, 7) is 12.5. The number of carbonyl (C=O) groups excluding carboxylic acids is 1. The van der Waals surface area contributed by atoms with E-state index in [9.17, 15) is 4.79 Å². The van der Waals surface area contributed by atoms with Gasteiger partial charge in [-0.05, 0) is 27.2 Å². The van der Waals surface area contributed by atoms with Crippen molar-refractivity contribution < 1.29 is 9.53 Å². The summed E-state index contributed by atoms with van der Waals surface area (Å²) < 4.78 is 5.25. The van der Waals surface area contributed by atoms with Crippen LogP contribution in [0.15, 0.2) is 17.6 Å². The molecular weight excluding hydrogens is 407 g/mol. The molecule has 0 saturated heterocycles. The lowest BCUT2D eigenvalue weighted by Crippen LogP contribution is -2.49. The molecule has 0 fully saturated rings. The maximum atomic E-state index is 11.7. The van der Waals surface area contributed by atoms with E-state index in [4.69, 9.17) is 4.74 Å². The van der Waals surface area contributed by atoms with E-state index in [2.05, 4.69) is 34.4 Å². The number of ether oxygens (including phenoxy) is 1. The molecule has 1 atom stereocenters. The predicted octanol–water partition coefficient (Wildman–Crippen LogP) is 3.04. The number of hydrogen-bond donors (Lipinski definition) is 3. The molecule has 0 aliphatic carbocycles. The van der Waals surface area contributed by atoms with Crippen molar-refractivity contribution in [2.24, 2.45) is 4.99 Å². The number of alkyl carbamates (subject to hydrolysis) is 1. The Kier molecular flexibility index (Phi) is 14.2. The van der Waals surface area contributed by atoms with Crippen molar-refractivity contribution in [1.82, 2.24) is 16.0 Å².